The van der Waals surface area contributed by atoms with Crippen molar-refractivity contribution in [1.82, 2.24) is 14.5 Å². The van der Waals surface area contributed by atoms with E-state index in [9.17, 15) is 4.79 Å². The maximum atomic E-state index is 12.0. The van der Waals surface area contributed by atoms with Crippen LogP contribution in [0.25, 0.3) is 0 Å². The fourth-order valence-corrected chi connectivity index (χ4v) is 3.07. The number of hydrogen-bond donors (Lipinski definition) is 0. The van der Waals surface area contributed by atoms with Crippen LogP contribution in [-0.2, 0) is 22.6 Å². The summed E-state index contributed by atoms with van der Waals surface area (Å²) in [6, 6.07) is 7.98. The molecule has 1 atom stereocenters. The Morgan fingerprint density at radius 3 is 2.84 bits per heavy atom. The Hall–Kier alpha value is -2.34. The van der Waals surface area contributed by atoms with Crippen LogP contribution in [0.2, 0.25) is 0 Å². The predicted octanol–water partition coefficient (Wildman–Crippen LogP) is 2.47. The van der Waals surface area contributed by atoms with E-state index in [0.717, 1.165) is 36.6 Å². The zero-order valence-corrected chi connectivity index (χ0v) is 14.9. The molecule has 0 spiro atoms. The summed E-state index contributed by atoms with van der Waals surface area (Å²) in [4.78, 5) is 18.3. The monoisotopic (exact) mass is 343 g/mol. The number of imidazole rings is 1. The molecule has 25 heavy (non-hydrogen) atoms. The van der Waals surface area contributed by atoms with Crippen molar-refractivity contribution in [2.45, 2.75) is 39.0 Å². The number of amides is 1. The van der Waals surface area contributed by atoms with Gasteiger partial charge in [0.25, 0.3) is 0 Å². The van der Waals surface area contributed by atoms with Crippen molar-refractivity contribution in [3.05, 3.63) is 48.0 Å². The molecule has 2 heterocycles. The summed E-state index contributed by atoms with van der Waals surface area (Å²) < 4.78 is 12.9. The minimum absolute atomic E-state index is 0.0505. The summed E-state index contributed by atoms with van der Waals surface area (Å²) >= 11 is 0. The van der Waals surface area contributed by atoms with Gasteiger partial charge in [-0.05, 0) is 30.5 Å². The van der Waals surface area contributed by atoms with E-state index >= 15 is 0 Å². The van der Waals surface area contributed by atoms with E-state index in [1.807, 2.05) is 35.4 Å². The average molecular weight is 343 g/mol. The Balaban J connectivity index is 1.67. The minimum atomic E-state index is 0.0505. The third-order valence-corrected chi connectivity index (χ3v) is 4.54. The molecule has 0 saturated carbocycles. The van der Waals surface area contributed by atoms with Gasteiger partial charge in [0.15, 0.2) is 0 Å². The summed E-state index contributed by atoms with van der Waals surface area (Å²) in [6.45, 7) is 4.24. The molecule has 1 aromatic carbocycles. The van der Waals surface area contributed by atoms with Crippen LogP contribution in [0.15, 0.2) is 36.7 Å². The van der Waals surface area contributed by atoms with Gasteiger partial charge >= 0.3 is 0 Å². The number of rotatable bonds is 7. The van der Waals surface area contributed by atoms with Gasteiger partial charge in [-0.3, -0.25) is 4.79 Å². The van der Waals surface area contributed by atoms with Gasteiger partial charge in [0.2, 0.25) is 5.91 Å². The lowest BCUT2D eigenvalue weighted by molar-refractivity contribution is -0.131. The SMILES string of the molecule is COc1ccc(Cn2ccnc2CN(CC2CCCO2)C(C)=O)cc1. The van der Waals surface area contributed by atoms with Crippen molar-refractivity contribution in [1.29, 1.82) is 0 Å². The van der Waals surface area contributed by atoms with Gasteiger partial charge in [-0.1, -0.05) is 12.1 Å². The number of hydrogen-bond acceptors (Lipinski definition) is 4. The molecule has 2 aromatic rings. The Morgan fingerprint density at radius 2 is 2.20 bits per heavy atom. The number of benzene rings is 1. The summed E-state index contributed by atoms with van der Waals surface area (Å²) in [6.07, 6.45) is 5.97. The van der Waals surface area contributed by atoms with E-state index in [-0.39, 0.29) is 12.0 Å². The maximum Gasteiger partial charge on any atom is 0.219 e. The Bertz CT molecular complexity index is 690. The number of ether oxygens (including phenoxy) is 2. The Labute approximate surface area is 148 Å². The van der Waals surface area contributed by atoms with E-state index in [1.165, 1.54) is 0 Å². The third-order valence-electron chi connectivity index (χ3n) is 4.54. The highest BCUT2D eigenvalue weighted by Gasteiger charge is 2.22. The topological polar surface area (TPSA) is 56.6 Å². The molecule has 1 aliphatic heterocycles. The Morgan fingerprint density at radius 1 is 1.40 bits per heavy atom. The zero-order valence-electron chi connectivity index (χ0n) is 14.9. The Kier molecular flexibility index (Phi) is 5.71. The minimum Gasteiger partial charge on any atom is -0.497 e. The quantitative estimate of drug-likeness (QED) is 0.775. The first kappa shape index (κ1) is 17.5. The second kappa shape index (κ2) is 8.16. The number of nitrogens with zero attached hydrogens (tertiary/aromatic N) is 3. The van der Waals surface area contributed by atoms with E-state index in [2.05, 4.69) is 9.55 Å². The molecule has 6 nitrogen and oxygen atoms in total. The molecule has 1 saturated heterocycles. The van der Waals surface area contributed by atoms with Gasteiger partial charge in [0.05, 0.1) is 19.8 Å². The van der Waals surface area contributed by atoms with Crippen LogP contribution in [0.3, 0.4) is 0 Å². The van der Waals surface area contributed by atoms with Crippen molar-refractivity contribution in [3.63, 3.8) is 0 Å². The zero-order chi connectivity index (χ0) is 17.6. The van der Waals surface area contributed by atoms with E-state index in [0.29, 0.717) is 19.6 Å². The van der Waals surface area contributed by atoms with Gasteiger partial charge in [0, 0.05) is 39.0 Å². The highest BCUT2D eigenvalue weighted by Crippen LogP contribution is 2.16. The molecule has 0 bridgehead atoms. The van der Waals surface area contributed by atoms with Crippen LogP contribution in [0.4, 0.5) is 0 Å². The van der Waals surface area contributed by atoms with E-state index < -0.39 is 0 Å². The van der Waals surface area contributed by atoms with Crippen LogP contribution in [0, 0.1) is 0 Å². The van der Waals surface area contributed by atoms with Gasteiger partial charge in [-0.15, -0.1) is 0 Å². The molecule has 0 N–H and O–H groups in total. The molecule has 1 aromatic heterocycles. The van der Waals surface area contributed by atoms with Crippen molar-refractivity contribution < 1.29 is 14.3 Å². The van der Waals surface area contributed by atoms with E-state index in [1.54, 1.807) is 20.2 Å². The predicted molar refractivity (Wildman–Crippen MR) is 94.4 cm³/mol. The summed E-state index contributed by atoms with van der Waals surface area (Å²) in [5, 5.41) is 0. The molecule has 1 amide bonds. The van der Waals surface area contributed by atoms with Crippen LogP contribution in [0.1, 0.15) is 31.2 Å². The highest BCUT2D eigenvalue weighted by molar-refractivity contribution is 5.73. The molecular formula is C19H25N3O3. The number of carbonyl (C=O) groups excluding carboxylic acids is 1. The first-order valence-corrected chi connectivity index (χ1v) is 8.66. The number of aromatic nitrogens is 2. The van der Waals surface area contributed by atoms with Crippen LogP contribution in [-0.4, -0.2) is 46.7 Å². The van der Waals surface area contributed by atoms with Crippen LogP contribution >= 0.6 is 0 Å². The third kappa shape index (κ3) is 4.60. The molecule has 134 valence electrons. The van der Waals surface area contributed by atoms with Gasteiger partial charge in [-0.25, -0.2) is 4.98 Å². The molecule has 6 heteroatoms. The molecule has 3 rings (SSSR count). The standard InChI is InChI=1S/C19H25N3O3/c1-15(23)22(13-18-4-3-11-25-18)14-19-20-9-10-21(19)12-16-5-7-17(24-2)8-6-16/h5-10,18H,3-4,11-14H2,1-2H3. The second-order valence-electron chi connectivity index (χ2n) is 6.35. The fourth-order valence-electron chi connectivity index (χ4n) is 3.07. The highest BCUT2D eigenvalue weighted by atomic mass is 16.5. The molecule has 1 aliphatic rings. The van der Waals surface area contributed by atoms with Crippen molar-refractivity contribution >= 4 is 5.91 Å². The molecule has 0 radical (unpaired) electrons. The summed E-state index contributed by atoms with van der Waals surface area (Å²) in [5.41, 5.74) is 1.16. The first-order valence-electron chi connectivity index (χ1n) is 8.66. The van der Waals surface area contributed by atoms with Gasteiger partial charge in [-0.2, -0.15) is 0 Å². The van der Waals surface area contributed by atoms with E-state index in [4.69, 9.17) is 9.47 Å². The first-order chi connectivity index (χ1) is 12.2. The summed E-state index contributed by atoms with van der Waals surface area (Å²) in [5.74, 6) is 1.77. The fraction of sp³-hybridized carbons (Fsp3) is 0.474. The molecular weight excluding hydrogens is 318 g/mol. The average Bonchev–Trinajstić information content (AvgIpc) is 3.27. The van der Waals surface area contributed by atoms with Crippen molar-refractivity contribution in [3.8, 4) is 5.75 Å². The maximum absolute atomic E-state index is 12.0. The van der Waals surface area contributed by atoms with Crippen molar-refractivity contribution in [2.24, 2.45) is 0 Å². The van der Waals surface area contributed by atoms with Gasteiger partial charge in [0.1, 0.15) is 11.6 Å². The normalized spacial score (nSPS) is 16.8. The molecule has 1 unspecified atom stereocenters. The molecule has 1 fully saturated rings. The van der Waals surface area contributed by atoms with Gasteiger partial charge < -0.3 is 18.9 Å². The van der Waals surface area contributed by atoms with Crippen LogP contribution < -0.4 is 4.74 Å². The smallest absolute Gasteiger partial charge is 0.219 e. The lowest BCUT2D eigenvalue weighted by Crippen LogP contribution is -2.36. The van der Waals surface area contributed by atoms with Crippen LogP contribution in [0.5, 0.6) is 5.75 Å². The summed E-state index contributed by atoms with van der Waals surface area (Å²) in [7, 11) is 1.66. The lowest BCUT2D eigenvalue weighted by atomic mass is 10.2. The molecule has 0 aliphatic carbocycles. The number of carbonyl (C=O) groups is 1. The number of methoxy groups -OCH3 is 1. The second-order valence-corrected chi connectivity index (χ2v) is 6.35. The lowest BCUT2D eigenvalue weighted by Gasteiger charge is -2.24. The van der Waals surface area contributed by atoms with Crippen molar-refractivity contribution in [2.75, 3.05) is 20.3 Å². The largest absolute Gasteiger partial charge is 0.497 e.